The molecule has 142 valence electrons. The van der Waals surface area contributed by atoms with E-state index in [-0.39, 0.29) is 5.91 Å². The van der Waals surface area contributed by atoms with E-state index in [2.05, 4.69) is 19.2 Å². The Labute approximate surface area is 159 Å². The fourth-order valence-electron chi connectivity index (χ4n) is 2.80. The molecule has 3 aromatic rings. The van der Waals surface area contributed by atoms with Crippen LogP contribution >= 0.6 is 0 Å². The molecule has 0 unspecified atom stereocenters. The van der Waals surface area contributed by atoms with Crippen molar-refractivity contribution in [2.75, 3.05) is 13.7 Å². The summed E-state index contributed by atoms with van der Waals surface area (Å²) in [6.07, 6.45) is 0. The normalized spacial score (nSPS) is 11.1. The third-order valence-corrected chi connectivity index (χ3v) is 4.15. The first-order valence-corrected chi connectivity index (χ1v) is 9.07. The van der Waals surface area contributed by atoms with E-state index in [1.165, 1.54) is 0 Å². The second-order valence-corrected chi connectivity index (χ2v) is 6.87. The third kappa shape index (κ3) is 4.68. The Bertz CT molecular complexity index is 896. The molecule has 0 saturated carbocycles. The van der Waals surface area contributed by atoms with Gasteiger partial charge in [-0.05, 0) is 29.7 Å². The molecule has 0 radical (unpaired) electrons. The molecule has 5 nitrogen and oxygen atoms in total. The van der Waals surface area contributed by atoms with Crippen LogP contribution in [0.2, 0.25) is 0 Å². The highest BCUT2D eigenvalue weighted by atomic mass is 16.5. The van der Waals surface area contributed by atoms with Crippen LogP contribution in [0.1, 0.15) is 35.5 Å². The van der Waals surface area contributed by atoms with Crippen LogP contribution in [-0.4, -0.2) is 19.6 Å². The number of fused-ring (bicyclic) bond motifs is 1. The number of ether oxygens (including phenoxy) is 2. The summed E-state index contributed by atoms with van der Waals surface area (Å²) >= 11 is 0. The van der Waals surface area contributed by atoms with E-state index >= 15 is 0 Å². The third-order valence-electron chi connectivity index (χ3n) is 4.15. The van der Waals surface area contributed by atoms with Gasteiger partial charge >= 0.3 is 0 Å². The van der Waals surface area contributed by atoms with Crippen molar-refractivity contribution in [1.82, 2.24) is 5.32 Å². The Morgan fingerprint density at radius 2 is 1.85 bits per heavy atom. The van der Waals surface area contributed by atoms with Gasteiger partial charge in [0.05, 0.1) is 13.2 Å². The summed E-state index contributed by atoms with van der Waals surface area (Å²) in [5.74, 6) is 1.36. The molecule has 0 atom stereocenters. The maximum Gasteiger partial charge on any atom is 0.287 e. The number of furan rings is 1. The van der Waals surface area contributed by atoms with Crippen LogP contribution in [-0.2, 0) is 17.9 Å². The predicted octanol–water partition coefficient (Wildman–Crippen LogP) is 4.54. The smallest absolute Gasteiger partial charge is 0.287 e. The molecule has 0 spiro atoms. The Kier molecular flexibility index (Phi) is 6.14. The van der Waals surface area contributed by atoms with E-state index in [1.807, 2.05) is 48.5 Å². The number of amides is 1. The first-order valence-electron chi connectivity index (χ1n) is 9.07. The Morgan fingerprint density at radius 1 is 1.11 bits per heavy atom. The summed E-state index contributed by atoms with van der Waals surface area (Å²) in [5, 5.41) is 3.81. The lowest BCUT2D eigenvalue weighted by molar-refractivity contribution is 0.0918. The lowest BCUT2D eigenvalue weighted by Crippen LogP contribution is -2.23. The summed E-state index contributed by atoms with van der Waals surface area (Å²) in [5.41, 5.74) is 2.44. The summed E-state index contributed by atoms with van der Waals surface area (Å²) in [6.45, 7) is 5.64. The van der Waals surface area contributed by atoms with Crippen molar-refractivity contribution < 1.29 is 18.7 Å². The van der Waals surface area contributed by atoms with E-state index < -0.39 is 0 Å². The number of hydrogen-bond acceptors (Lipinski definition) is 4. The van der Waals surface area contributed by atoms with Gasteiger partial charge in [0.25, 0.3) is 5.91 Å². The van der Waals surface area contributed by atoms with Crippen molar-refractivity contribution in [3.05, 3.63) is 65.4 Å². The topological polar surface area (TPSA) is 60.7 Å². The summed E-state index contributed by atoms with van der Waals surface area (Å²) in [6, 6.07) is 15.3. The molecule has 27 heavy (non-hydrogen) atoms. The highest BCUT2D eigenvalue weighted by molar-refractivity contribution is 5.99. The van der Waals surface area contributed by atoms with Crippen molar-refractivity contribution in [2.24, 2.45) is 5.92 Å². The summed E-state index contributed by atoms with van der Waals surface area (Å²) < 4.78 is 16.7. The van der Waals surface area contributed by atoms with E-state index in [9.17, 15) is 4.79 Å². The van der Waals surface area contributed by atoms with Gasteiger partial charge in [0.1, 0.15) is 11.3 Å². The van der Waals surface area contributed by atoms with Gasteiger partial charge in [-0.3, -0.25) is 4.79 Å². The molecule has 0 bridgehead atoms. The van der Waals surface area contributed by atoms with Crippen LogP contribution in [0.25, 0.3) is 11.0 Å². The first kappa shape index (κ1) is 19.0. The highest BCUT2D eigenvalue weighted by Gasteiger charge is 2.20. The lowest BCUT2D eigenvalue weighted by atomic mass is 10.1. The number of para-hydroxylation sites is 1. The highest BCUT2D eigenvalue weighted by Crippen LogP contribution is 2.26. The zero-order valence-electron chi connectivity index (χ0n) is 16.0. The Morgan fingerprint density at radius 3 is 2.56 bits per heavy atom. The van der Waals surface area contributed by atoms with Gasteiger partial charge in [-0.25, -0.2) is 0 Å². The van der Waals surface area contributed by atoms with Crippen molar-refractivity contribution in [3.8, 4) is 5.75 Å². The molecule has 1 N–H and O–H groups in total. The average molecular weight is 367 g/mol. The van der Waals surface area contributed by atoms with Crippen molar-refractivity contribution >= 4 is 16.9 Å². The molecule has 0 aliphatic carbocycles. The molecule has 5 heteroatoms. The molecule has 0 aliphatic rings. The molecule has 0 saturated heterocycles. The maximum atomic E-state index is 12.6. The molecular weight excluding hydrogens is 342 g/mol. The van der Waals surface area contributed by atoms with Crippen molar-refractivity contribution in [2.45, 2.75) is 27.0 Å². The van der Waals surface area contributed by atoms with Gasteiger partial charge in [0.2, 0.25) is 0 Å². The Hall–Kier alpha value is -2.79. The number of benzene rings is 2. The van der Waals surface area contributed by atoms with Crippen LogP contribution in [0, 0.1) is 5.92 Å². The van der Waals surface area contributed by atoms with Gasteiger partial charge in [-0.15, -0.1) is 0 Å². The first-order chi connectivity index (χ1) is 13.1. The van der Waals surface area contributed by atoms with Crippen molar-refractivity contribution in [1.29, 1.82) is 0 Å². The fraction of sp³-hybridized carbons (Fsp3) is 0.318. The monoisotopic (exact) mass is 367 g/mol. The van der Waals surface area contributed by atoms with Gasteiger partial charge in [0, 0.05) is 24.6 Å². The molecule has 1 heterocycles. The zero-order chi connectivity index (χ0) is 19.2. The number of carbonyl (C=O) groups is 1. The molecule has 1 aromatic heterocycles. The lowest BCUT2D eigenvalue weighted by Gasteiger charge is -2.09. The molecular formula is C22H25NO4. The molecule has 0 fully saturated rings. The second-order valence-electron chi connectivity index (χ2n) is 6.87. The number of hydrogen-bond donors (Lipinski definition) is 1. The predicted molar refractivity (Wildman–Crippen MR) is 105 cm³/mol. The van der Waals surface area contributed by atoms with Crippen molar-refractivity contribution in [3.63, 3.8) is 0 Å². The molecule has 3 rings (SSSR count). The zero-order valence-corrected chi connectivity index (χ0v) is 16.0. The Balaban J connectivity index is 1.67. The second kappa shape index (κ2) is 8.73. The number of rotatable bonds is 8. The van der Waals surface area contributed by atoms with Crippen LogP contribution in [0.3, 0.4) is 0 Å². The van der Waals surface area contributed by atoms with E-state index in [1.54, 1.807) is 7.11 Å². The largest absolute Gasteiger partial charge is 0.493 e. The minimum atomic E-state index is -0.251. The van der Waals surface area contributed by atoms with Crippen LogP contribution in [0.5, 0.6) is 5.75 Å². The fourth-order valence-corrected chi connectivity index (χ4v) is 2.80. The average Bonchev–Trinajstić information content (AvgIpc) is 3.04. The quantitative estimate of drug-likeness (QED) is 0.635. The molecule has 2 aromatic carbocycles. The van der Waals surface area contributed by atoms with Gasteiger partial charge in [-0.2, -0.15) is 0 Å². The minimum absolute atomic E-state index is 0.251. The minimum Gasteiger partial charge on any atom is -0.493 e. The number of carbonyl (C=O) groups excluding carboxylic acids is 1. The maximum absolute atomic E-state index is 12.6. The molecule has 1 amide bonds. The standard InChI is InChI=1S/C22H25NO4/c1-15(2)13-26-17-10-8-16(9-11-17)12-23-22(24)21-19(14-25-3)18-6-4-5-7-20(18)27-21/h4-11,15H,12-14H2,1-3H3,(H,23,24). The van der Waals surface area contributed by atoms with E-state index in [0.29, 0.717) is 37.0 Å². The van der Waals surface area contributed by atoms with E-state index in [0.717, 1.165) is 22.3 Å². The summed E-state index contributed by atoms with van der Waals surface area (Å²) in [4.78, 5) is 12.6. The van der Waals surface area contributed by atoms with Crippen LogP contribution < -0.4 is 10.1 Å². The van der Waals surface area contributed by atoms with E-state index in [4.69, 9.17) is 13.9 Å². The molecule has 0 aliphatic heterocycles. The number of methoxy groups -OCH3 is 1. The van der Waals surface area contributed by atoms with Gasteiger partial charge < -0.3 is 19.2 Å². The van der Waals surface area contributed by atoms with Crippen LogP contribution in [0.15, 0.2) is 52.9 Å². The SMILES string of the molecule is COCc1c(C(=O)NCc2ccc(OCC(C)C)cc2)oc2ccccc12. The number of nitrogens with one attached hydrogen (secondary N) is 1. The van der Waals surface area contributed by atoms with Gasteiger partial charge in [0.15, 0.2) is 5.76 Å². The summed E-state index contributed by atoms with van der Waals surface area (Å²) in [7, 11) is 1.60. The van der Waals surface area contributed by atoms with Crippen LogP contribution in [0.4, 0.5) is 0 Å². The van der Waals surface area contributed by atoms with Gasteiger partial charge in [-0.1, -0.05) is 44.2 Å².